The highest BCUT2D eigenvalue weighted by Gasteiger charge is 2.35. The molecule has 1 saturated carbocycles. The van der Waals surface area contributed by atoms with Crippen molar-refractivity contribution in [3.63, 3.8) is 0 Å². The van der Waals surface area contributed by atoms with Crippen molar-refractivity contribution in [1.82, 2.24) is 4.90 Å². The van der Waals surface area contributed by atoms with E-state index in [1.165, 1.54) is 12.8 Å². The van der Waals surface area contributed by atoms with Gasteiger partial charge in [-0.05, 0) is 25.7 Å². The lowest BCUT2D eigenvalue weighted by atomic mass is 9.83. The Hall–Kier alpha value is -1.06. The molecule has 21 heavy (non-hydrogen) atoms. The van der Waals surface area contributed by atoms with Crippen LogP contribution in [0, 0.1) is 11.3 Å². The molecule has 0 aromatic carbocycles. The fraction of sp³-hybridized carbons (Fsp3) is 0.882. The highest BCUT2D eigenvalue weighted by molar-refractivity contribution is 5.82. The monoisotopic (exact) mass is 297 g/mol. The largest absolute Gasteiger partial charge is 0.466 e. The van der Waals surface area contributed by atoms with E-state index in [9.17, 15) is 9.59 Å². The van der Waals surface area contributed by atoms with Crippen LogP contribution >= 0.6 is 0 Å². The van der Waals surface area contributed by atoms with Crippen LogP contribution in [-0.4, -0.2) is 36.0 Å². The fourth-order valence-corrected chi connectivity index (χ4v) is 3.05. The lowest BCUT2D eigenvalue weighted by Gasteiger charge is -2.41. The topological polar surface area (TPSA) is 46.6 Å². The van der Waals surface area contributed by atoms with Crippen molar-refractivity contribution in [2.24, 2.45) is 11.3 Å². The standard InChI is InChI=1S/C17H31NO3/c1-6-21-15(19)11-12-18(16(20)17(3,4)5)14-10-8-7-9-13(14)2/h13-14H,6-12H2,1-5H3. The molecule has 2 unspecified atom stereocenters. The summed E-state index contributed by atoms with van der Waals surface area (Å²) in [6.45, 7) is 10.7. The number of hydrogen-bond donors (Lipinski definition) is 0. The van der Waals surface area contributed by atoms with E-state index in [-0.39, 0.29) is 17.9 Å². The first-order valence-corrected chi connectivity index (χ1v) is 8.24. The Kier molecular flexibility index (Phi) is 6.69. The molecule has 4 heteroatoms. The second-order valence-electron chi connectivity index (χ2n) is 7.13. The zero-order chi connectivity index (χ0) is 16.0. The highest BCUT2D eigenvalue weighted by Crippen LogP contribution is 2.31. The van der Waals surface area contributed by atoms with Crippen LogP contribution in [0.5, 0.6) is 0 Å². The van der Waals surface area contributed by atoms with Gasteiger partial charge in [0, 0.05) is 18.0 Å². The maximum absolute atomic E-state index is 12.8. The average Bonchev–Trinajstić information content (AvgIpc) is 2.40. The van der Waals surface area contributed by atoms with E-state index >= 15 is 0 Å². The van der Waals surface area contributed by atoms with E-state index in [4.69, 9.17) is 4.74 Å². The minimum absolute atomic E-state index is 0.144. The molecule has 0 heterocycles. The van der Waals surface area contributed by atoms with Crippen LogP contribution in [0.1, 0.15) is 66.7 Å². The van der Waals surface area contributed by atoms with Gasteiger partial charge in [0.15, 0.2) is 0 Å². The van der Waals surface area contributed by atoms with Gasteiger partial charge in [0.25, 0.3) is 0 Å². The van der Waals surface area contributed by atoms with E-state index in [1.807, 2.05) is 25.7 Å². The van der Waals surface area contributed by atoms with Crippen LogP contribution in [0.4, 0.5) is 0 Å². The molecule has 1 aliphatic rings. The number of hydrogen-bond acceptors (Lipinski definition) is 3. The quantitative estimate of drug-likeness (QED) is 0.731. The maximum atomic E-state index is 12.8. The van der Waals surface area contributed by atoms with E-state index in [0.29, 0.717) is 25.5 Å². The number of ether oxygens (including phenoxy) is 1. The summed E-state index contributed by atoms with van der Waals surface area (Å²) in [5, 5.41) is 0. The number of esters is 1. The first-order valence-electron chi connectivity index (χ1n) is 8.24. The van der Waals surface area contributed by atoms with Gasteiger partial charge < -0.3 is 9.64 Å². The molecule has 0 saturated heterocycles. The summed E-state index contributed by atoms with van der Waals surface area (Å²) in [6.07, 6.45) is 4.91. The van der Waals surface area contributed by atoms with Crippen molar-refractivity contribution in [1.29, 1.82) is 0 Å². The minimum atomic E-state index is -0.411. The van der Waals surface area contributed by atoms with Gasteiger partial charge in [0.1, 0.15) is 0 Å². The molecular formula is C17H31NO3. The van der Waals surface area contributed by atoms with Crippen LogP contribution in [0.2, 0.25) is 0 Å². The van der Waals surface area contributed by atoms with Crippen LogP contribution in [0.3, 0.4) is 0 Å². The zero-order valence-corrected chi connectivity index (χ0v) is 14.3. The minimum Gasteiger partial charge on any atom is -0.466 e. The third kappa shape index (κ3) is 5.33. The molecule has 0 radical (unpaired) electrons. The summed E-state index contributed by atoms with van der Waals surface area (Å²) in [7, 11) is 0. The van der Waals surface area contributed by atoms with Gasteiger partial charge in [0.05, 0.1) is 13.0 Å². The molecule has 122 valence electrons. The van der Waals surface area contributed by atoms with Crippen LogP contribution in [0.25, 0.3) is 0 Å². The van der Waals surface area contributed by atoms with Crippen molar-refractivity contribution < 1.29 is 14.3 Å². The third-order valence-corrected chi connectivity index (χ3v) is 4.23. The number of rotatable bonds is 5. The summed E-state index contributed by atoms with van der Waals surface area (Å²) in [5.41, 5.74) is -0.411. The van der Waals surface area contributed by atoms with Gasteiger partial charge in [-0.15, -0.1) is 0 Å². The number of amides is 1. The second-order valence-corrected chi connectivity index (χ2v) is 7.13. The van der Waals surface area contributed by atoms with Crippen molar-refractivity contribution >= 4 is 11.9 Å². The molecule has 1 rings (SSSR count). The molecule has 4 nitrogen and oxygen atoms in total. The smallest absolute Gasteiger partial charge is 0.307 e. The predicted octanol–water partition coefficient (Wildman–Crippen LogP) is 3.39. The van der Waals surface area contributed by atoms with Gasteiger partial charge in [-0.3, -0.25) is 9.59 Å². The Morgan fingerprint density at radius 2 is 1.81 bits per heavy atom. The maximum Gasteiger partial charge on any atom is 0.307 e. The molecule has 0 aromatic heterocycles. The Labute approximate surface area is 129 Å². The van der Waals surface area contributed by atoms with E-state index in [2.05, 4.69) is 6.92 Å². The van der Waals surface area contributed by atoms with Gasteiger partial charge in [-0.2, -0.15) is 0 Å². The van der Waals surface area contributed by atoms with E-state index in [0.717, 1.165) is 12.8 Å². The van der Waals surface area contributed by atoms with Gasteiger partial charge in [-0.1, -0.05) is 40.5 Å². The fourth-order valence-electron chi connectivity index (χ4n) is 3.05. The van der Waals surface area contributed by atoms with Crippen LogP contribution in [0.15, 0.2) is 0 Å². The molecule has 1 amide bonds. The van der Waals surface area contributed by atoms with Gasteiger partial charge >= 0.3 is 5.97 Å². The Morgan fingerprint density at radius 3 is 2.33 bits per heavy atom. The second kappa shape index (κ2) is 7.81. The van der Waals surface area contributed by atoms with Crippen LogP contribution in [-0.2, 0) is 14.3 Å². The highest BCUT2D eigenvalue weighted by atomic mass is 16.5. The first kappa shape index (κ1) is 18.0. The number of carbonyl (C=O) groups excluding carboxylic acids is 2. The molecule has 0 bridgehead atoms. The molecule has 0 spiro atoms. The molecule has 0 aliphatic heterocycles. The lowest BCUT2D eigenvalue weighted by Crippen LogP contribution is -2.50. The summed E-state index contributed by atoms with van der Waals surface area (Å²) >= 11 is 0. The zero-order valence-electron chi connectivity index (χ0n) is 14.3. The number of nitrogens with zero attached hydrogens (tertiary/aromatic N) is 1. The van der Waals surface area contributed by atoms with Gasteiger partial charge in [-0.25, -0.2) is 0 Å². The third-order valence-electron chi connectivity index (χ3n) is 4.23. The summed E-state index contributed by atoms with van der Waals surface area (Å²) in [5.74, 6) is 0.436. The molecule has 0 N–H and O–H groups in total. The van der Waals surface area contributed by atoms with E-state index < -0.39 is 5.41 Å². The molecule has 2 atom stereocenters. The summed E-state index contributed by atoms with van der Waals surface area (Å²) < 4.78 is 4.99. The summed E-state index contributed by atoms with van der Waals surface area (Å²) in [6, 6.07) is 0.264. The van der Waals surface area contributed by atoms with E-state index in [1.54, 1.807) is 6.92 Å². The Balaban J connectivity index is 2.79. The summed E-state index contributed by atoms with van der Waals surface area (Å²) in [4.78, 5) is 26.3. The Morgan fingerprint density at radius 1 is 1.19 bits per heavy atom. The van der Waals surface area contributed by atoms with Crippen molar-refractivity contribution in [2.75, 3.05) is 13.2 Å². The molecule has 1 fully saturated rings. The molecular weight excluding hydrogens is 266 g/mol. The van der Waals surface area contributed by atoms with Crippen molar-refractivity contribution in [3.8, 4) is 0 Å². The Bertz CT molecular complexity index is 360. The van der Waals surface area contributed by atoms with Crippen LogP contribution < -0.4 is 0 Å². The predicted molar refractivity (Wildman–Crippen MR) is 83.8 cm³/mol. The first-order chi connectivity index (χ1) is 9.77. The average molecular weight is 297 g/mol. The molecule has 1 aliphatic carbocycles. The lowest BCUT2D eigenvalue weighted by molar-refractivity contribution is -0.147. The number of carbonyl (C=O) groups is 2. The molecule has 0 aromatic rings. The normalized spacial score (nSPS) is 22.7. The van der Waals surface area contributed by atoms with Crippen molar-refractivity contribution in [3.05, 3.63) is 0 Å². The SMILES string of the molecule is CCOC(=O)CCN(C(=O)C(C)(C)C)C1CCCCC1C. The van der Waals surface area contributed by atoms with Crippen molar-refractivity contribution in [2.45, 2.75) is 72.8 Å². The van der Waals surface area contributed by atoms with Gasteiger partial charge in [0.2, 0.25) is 5.91 Å².